The lowest BCUT2D eigenvalue weighted by Gasteiger charge is -2.06. The minimum atomic E-state index is -0.202. The first-order valence-electron chi connectivity index (χ1n) is 5.35. The highest BCUT2D eigenvalue weighted by atomic mass is 16.1. The first-order chi connectivity index (χ1) is 8.22. The van der Waals surface area contributed by atoms with Crippen LogP contribution in [0.2, 0.25) is 0 Å². The van der Waals surface area contributed by atoms with Crippen molar-refractivity contribution in [3.63, 3.8) is 0 Å². The van der Waals surface area contributed by atoms with E-state index in [-0.39, 0.29) is 5.91 Å². The van der Waals surface area contributed by atoms with E-state index in [1.807, 2.05) is 24.3 Å². The van der Waals surface area contributed by atoms with E-state index in [2.05, 4.69) is 21.9 Å². The number of nitrogens with zero attached hydrogens (tertiary/aromatic N) is 2. The van der Waals surface area contributed by atoms with Crippen LogP contribution in [0.5, 0.6) is 0 Å². The maximum absolute atomic E-state index is 11.9. The zero-order chi connectivity index (χ0) is 12.3. The van der Waals surface area contributed by atoms with E-state index in [4.69, 9.17) is 0 Å². The number of carbonyl (C=O) groups excluding carboxylic acids is 1. The van der Waals surface area contributed by atoms with Gasteiger partial charge in [-0.05, 0) is 13.0 Å². The number of carbonyl (C=O) groups is 1. The largest absolute Gasteiger partial charge is 0.347 e. The number of aryl methyl sites for hydroxylation is 1. The van der Waals surface area contributed by atoms with Gasteiger partial charge in [0.05, 0.1) is 5.52 Å². The van der Waals surface area contributed by atoms with Gasteiger partial charge < -0.3 is 5.32 Å². The summed E-state index contributed by atoms with van der Waals surface area (Å²) < 4.78 is 0. The van der Waals surface area contributed by atoms with Crippen LogP contribution in [0.15, 0.2) is 36.9 Å². The SMILES string of the molecule is C=CCNC(=O)c1nc(C)nc2ccccc12. The average Bonchev–Trinajstić information content (AvgIpc) is 2.34. The molecule has 4 nitrogen and oxygen atoms in total. The van der Waals surface area contributed by atoms with Crippen molar-refractivity contribution < 1.29 is 4.79 Å². The van der Waals surface area contributed by atoms with Crippen molar-refractivity contribution in [1.82, 2.24) is 15.3 Å². The molecule has 17 heavy (non-hydrogen) atoms. The van der Waals surface area contributed by atoms with Gasteiger partial charge in [0.1, 0.15) is 11.5 Å². The van der Waals surface area contributed by atoms with E-state index >= 15 is 0 Å². The summed E-state index contributed by atoms with van der Waals surface area (Å²) in [5.41, 5.74) is 1.19. The molecule has 0 radical (unpaired) electrons. The van der Waals surface area contributed by atoms with Crippen molar-refractivity contribution in [1.29, 1.82) is 0 Å². The van der Waals surface area contributed by atoms with Gasteiger partial charge in [0.25, 0.3) is 5.91 Å². The molecular weight excluding hydrogens is 214 g/mol. The van der Waals surface area contributed by atoms with Crippen molar-refractivity contribution in [3.8, 4) is 0 Å². The Morgan fingerprint density at radius 1 is 1.41 bits per heavy atom. The summed E-state index contributed by atoms with van der Waals surface area (Å²) in [4.78, 5) is 20.4. The third-order valence-electron chi connectivity index (χ3n) is 2.34. The fourth-order valence-electron chi connectivity index (χ4n) is 1.61. The van der Waals surface area contributed by atoms with Crippen molar-refractivity contribution in [2.75, 3.05) is 6.54 Å². The molecule has 0 aliphatic rings. The summed E-state index contributed by atoms with van der Waals surface area (Å²) in [6.07, 6.45) is 1.63. The number of amides is 1. The highest BCUT2D eigenvalue weighted by Gasteiger charge is 2.12. The highest BCUT2D eigenvalue weighted by Crippen LogP contribution is 2.15. The van der Waals surface area contributed by atoms with Crippen LogP contribution in [-0.4, -0.2) is 22.4 Å². The van der Waals surface area contributed by atoms with Gasteiger partial charge in [0.2, 0.25) is 0 Å². The number of para-hydroxylation sites is 1. The number of rotatable bonds is 3. The number of nitrogens with one attached hydrogen (secondary N) is 1. The molecule has 0 saturated heterocycles. The van der Waals surface area contributed by atoms with E-state index < -0.39 is 0 Å². The molecule has 0 unspecified atom stereocenters. The van der Waals surface area contributed by atoms with E-state index in [1.54, 1.807) is 13.0 Å². The standard InChI is InChI=1S/C13H13N3O/c1-3-8-14-13(17)12-10-6-4-5-7-11(10)15-9(2)16-12/h3-7H,1,8H2,2H3,(H,14,17). The lowest BCUT2D eigenvalue weighted by Crippen LogP contribution is -2.25. The molecule has 1 aromatic carbocycles. The van der Waals surface area contributed by atoms with Crippen LogP contribution in [0, 0.1) is 6.92 Å². The van der Waals surface area contributed by atoms with Gasteiger partial charge in [-0.1, -0.05) is 24.3 Å². The van der Waals surface area contributed by atoms with Crippen LogP contribution in [0.3, 0.4) is 0 Å². The van der Waals surface area contributed by atoms with Crippen LogP contribution >= 0.6 is 0 Å². The molecule has 0 saturated carbocycles. The zero-order valence-electron chi connectivity index (χ0n) is 9.60. The van der Waals surface area contributed by atoms with Crippen LogP contribution in [0.4, 0.5) is 0 Å². The molecule has 0 fully saturated rings. The lowest BCUT2D eigenvalue weighted by molar-refractivity contribution is 0.0954. The molecule has 2 aromatic rings. The molecule has 1 amide bonds. The fraction of sp³-hybridized carbons (Fsp3) is 0.154. The quantitative estimate of drug-likeness (QED) is 0.814. The third-order valence-corrected chi connectivity index (χ3v) is 2.34. The maximum atomic E-state index is 11.9. The molecule has 86 valence electrons. The monoisotopic (exact) mass is 227 g/mol. The Hall–Kier alpha value is -2.23. The molecule has 4 heteroatoms. The van der Waals surface area contributed by atoms with Gasteiger partial charge in [-0.25, -0.2) is 9.97 Å². The van der Waals surface area contributed by atoms with Crippen molar-refractivity contribution in [2.45, 2.75) is 6.92 Å². The Morgan fingerprint density at radius 3 is 2.94 bits per heavy atom. The summed E-state index contributed by atoms with van der Waals surface area (Å²) in [5, 5.41) is 3.48. The normalized spacial score (nSPS) is 10.2. The number of aromatic nitrogens is 2. The minimum absolute atomic E-state index is 0.202. The molecule has 0 aliphatic carbocycles. The Balaban J connectivity index is 2.51. The van der Waals surface area contributed by atoms with Crippen LogP contribution in [0.1, 0.15) is 16.3 Å². The van der Waals surface area contributed by atoms with E-state index in [0.29, 0.717) is 18.1 Å². The summed E-state index contributed by atoms with van der Waals surface area (Å²) >= 11 is 0. The Morgan fingerprint density at radius 2 is 2.18 bits per heavy atom. The first kappa shape index (κ1) is 11.3. The van der Waals surface area contributed by atoms with Gasteiger partial charge >= 0.3 is 0 Å². The molecule has 2 rings (SSSR count). The van der Waals surface area contributed by atoms with Crippen molar-refractivity contribution in [2.24, 2.45) is 0 Å². The molecule has 1 N–H and O–H groups in total. The molecule has 1 heterocycles. The minimum Gasteiger partial charge on any atom is -0.347 e. The Kier molecular flexibility index (Phi) is 3.14. The van der Waals surface area contributed by atoms with Gasteiger partial charge in [-0.2, -0.15) is 0 Å². The smallest absolute Gasteiger partial charge is 0.270 e. The molecule has 1 aromatic heterocycles. The zero-order valence-corrected chi connectivity index (χ0v) is 9.60. The summed E-state index contributed by atoms with van der Waals surface area (Å²) in [6, 6.07) is 7.47. The topological polar surface area (TPSA) is 54.9 Å². The summed E-state index contributed by atoms with van der Waals surface area (Å²) in [5.74, 6) is 0.388. The molecule has 0 aliphatic heterocycles. The van der Waals surface area contributed by atoms with Crippen LogP contribution < -0.4 is 5.32 Å². The third kappa shape index (κ3) is 2.30. The van der Waals surface area contributed by atoms with Gasteiger partial charge in [-0.15, -0.1) is 6.58 Å². The summed E-state index contributed by atoms with van der Waals surface area (Å²) in [7, 11) is 0. The molecular formula is C13H13N3O. The molecule has 0 spiro atoms. The number of benzene rings is 1. The van der Waals surface area contributed by atoms with Gasteiger partial charge in [0.15, 0.2) is 0 Å². The number of hydrogen-bond donors (Lipinski definition) is 1. The average molecular weight is 227 g/mol. The second kappa shape index (κ2) is 4.74. The fourth-order valence-corrected chi connectivity index (χ4v) is 1.61. The maximum Gasteiger partial charge on any atom is 0.270 e. The van der Waals surface area contributed by atoms with E-state index in [0.717, 1.165) is 10.9 Å². The first-order valence-corrected chi connectivity index (χ1v) is 5.35. The summed E-state index contributed by atoms with van der Waals surface area (Å²) in [6.45, 7) is 5.76. The van der Waals surface area contributed by atoms with E-state index in [9.17, 15) is 4.79 Å². The lowest BCUT2D eigenvalue weighted by atomic mass is 10.1. The van der Waals surface area contributed by atoms with Crippen LogP contribution in [0.25, 0.3) is 10.9 Å². The number of fused-ring (bicyclic) bond motifs is 1. The van der Waals surface area contributed by atoms with E-state index in [1.165, 1.54) is 0 Å². The van der Waals surface area contributed by atoms with Crippen LogP contribution in [-0.2, 0) is 0 Å². The van der Waals surface area contributed by atoms with Crippen molar-refractivity contribution >= 4 is 16.8 Å². The second-order valence-electron chi connectivity index (χ2n) is 3.64. The predicted octanol–water partition coefficient (Wildman–Crippen LogP) is 1.85. The highest BCUT2D eigenvalue weighted by molar-refractivity contribution is 6.04. The van der Waals surface area contributed by atoms with Gasteiger partial charge in [0, 0.05) is 11.9 Å². The van der Waals surface area contributed by atoms with Crippen molar-refractivity contribution in [3.05, 3.63) is 48.4 Å². The molecule has 0 bridgehead atoms. The Labute approximate surface area is 99.4 Å². The predicted molar refractivity (Wildman–Crippen MR) is 66.8 cm³/mol. The second-order valence-corrected chi connectivity index (χ2v) is 3.64. The Bertz CT molecular complexity index is 578. The number of hydrogen-bond acceptors (Lipinski definition) is 3. The molecule has 0 atom stereocenters. The van der Waals surface area contributed by atoms with Gasteiger partial charge in [-0.3, -0.25) is 4.79 Å².